The number of aromatic nitrogens is 1. The molecule has 3 nitrogen and oxygen atoms in total. The number of fused-ring (bicyclic) bond motifs is 3. The molecule has 2 heterocycles. The second-order valence-electron chi connectivity index (χ2n) is 5.34. The molecule has 0 amide bonds. The summed E-state index contributed by atoms with van der Waals surface area (Å²) >= 11 is 5.64. The second kappa shape index (κ2) is 5.13. The maximum Gasteiger partial charge on any atom is 0.109 e. The summed E-state index contributed by atoms with van der Waals surface area (Å²) in [5.41, 5.74) is 3.41. The van der Waals surface area contributed by atoms with Gasteiger partial charge in [-0.3, -0.25) is 0 Å². The Bertz CT molecular complexity index is 818. The Morgan fingerprint density at radius 3 is 2.62 bits per heavy atom. The van der Waals surface area contributed by atoms with E-state index in [4.69, 9.17) is 17.0 Å². The molecule has 0 atom stereocenters. The fraction of sp³-hybridized carbons (Fsp3) is 0.235. The predicted molar refractivity (Wildman–Crippen MR) is 89.9 cm³/mol. The third kappa shape index (κ3) is 2.20. The molecule has 0 unspecified atom stereocenters. The van der Waals surface area contributed by atoms with Crippen LogP contribution in [0.1, 0.15) is 5.56 Å². The van der Waals surface area contributed by atoms with Gasteiger partial charge in [-0.1, -0.05) is 42.5 Å². The first kappa shape index (κ1) is 12.8. The smallest absolute Gasteiger partial charge is 0.109 e. The number of hydrogen-bond acceptors (Lipinski definition) is 2. The highest BCUT2D eigenvalue weighted by atomic mass is 32.1. The van der Waals surface area contributed by atoms with Crippen LogP contribution in [0.5, 0.6) is 0 Å². The van der Waals surface area contributed by atoms with E-state index in [0.717, 1.165) is 42.4 Å². The highest BCUT2D eigenvalue weighted by Gasteiger charge is 2.16. The summed E-state index contributed by atoms with van der Waals surface area (Å²) < 4.78 is 5.39. The first-order chi connectivity index (χ1) is 10.3. The number of H-pyrrole nitrogens is 1. The largest absolute Gasteiger partial charge is 0.378 e. The van der Waals surface area contributed by atoms with Crippen molar-refractivity contribution in [2.45, 2.75) is 0 Å². The van der Waals surface area contributed by atoms with Crippen LogP contribution in [0.3, 0.4) is 0 Å². The zero-order chi connectivity index (χ0) is 14.2. The summed E-state index contributed by atoms with van der Waals surface area (Å²) in [5, 5.41) is 2.51. The quantitative estimate of drug-likeness (QED) is 0.698. The number of rotatable bonds is 1. The molecule has 0 spiro atoms. The van der Waals surface area contributed by atoms with Gasteiger partial charge in [0.15, 0.2) is 0 Å². The van der Waals surface area contributed by atoms with Crippen molar-refractivity contribution >= 4 is 39.0 Å². The fourth-order valence-corrected chi connectivity index (χ4v) is 3.25. The van der Waals surface area contributed by atoms with Crippen LogP contribution in [-0.4, -0.2) is 41.2 Å². The van der Waals surface area contributed by atoms with Crippen molar-refractivity contribution in [1.82, 2.24) is 9.88 Å². The van der Waals surface area contributed by atoms with Gasteiger partial charge in [-0.2, -0.15) is 0 Å². The van der Waals surface area contributed by atoms with Gasteiger partial charge in [0.25, 0.3) is 0 Å². The third-order valence-corrected chi connectivity index (χ3v) is 4.55. The first-order valence-electron chi connectivity index (χ1n) is 7.20. The number of aromatic amines is 1. The van der Waals surface area contributed by atoms with Gasteiger partial charge in [-0.15, -0.1) is 0 Å². The molecule has 1 aliphatic heterocycles. The molecule has 0 saturated carbocycles. The molecule has 0 bridgehead atoms. The molecular weight excluding hydrogens is 280 g/mol. The van der Waals surface area contributed by atoms with Crippen LogP contribution in [0.4, 0.5) is 0 Å². The lowest BCUT2D eigenvalue weighted by Gasteiger charge is -2.29. The number of thiocarbonyl (C=S) groups is 1. The number of nitrogens with one attached hydrogen (secondary N) is 1. The maximum absolute atomic E-state index is 5.64. The molecule has 4 heteroatoms. The van der Waals surface area contributed by atoms with E-state index >= 15 is 0 Å². The zero-order valence-electron chi connectivity index (χ0n) is 11.6. The molecule has 106 valence electrons. The lowest BCUT2D eigenvalue weighted by atomic mass is 10.1. The second-order valence-corrected chi connectivity index (χ2v) is 5.72. The molecule has 0 radical (unpaired) electrons. The minimum Gasteiger partial charge on any atom is -0.378 e. The highest BCUT2D eigenvalue weighted by Crippen LogP contribution is 2.26. The van der Waals surface area contributed by atoms with E-state index in [0.29, 0.717) is 0 Å². The molecule has 3 aromatic rings. The summed E-state index contributed by atoms with van der Waals surface area (Å²) in [5.74, 6) is 0. The van der Waals surface area contributed by atoms with Gasteiger partial charge in [0.05, 0.1) is 13.2 Å². The van der Waals surface area contributed by atoms with E-state index in [1.807, 2.05) is 0 Å². The normalized spacial score (nSPS) is 15.7. The van der Waals surface area contributed by atoms with Crippen LogP contribution < -0.4 is 0 Å². The average molecular weight is 296 g/mol. The number of nitrogens with zero attached hydrogens (tertiary/aromatic N) is 1. The minimum absolute atomic E-state index is 0.759. The monoisotopic (exact) mass is 296 g/mol. The summed E-state index contributed by atoms with van der Waals surface area (Å²) in [4.78, 5) is 6.61. The van der Waals surface area contributed by atoms with E-state index in [2.05, 4.69) is 52.3 Å². The molecule has 2 aromatic carbocycles. The van der Waals surface area contributed by atoms with Crippen molar-refractivity contribution in [3.05, 3.63) is 48.0 Å². The predicted octanol–water partition coefficient (Wildman–Crippen LogP) is 3.33. The maximum atomic E-state index is 5.64. The standard InChI is InChI=1S/C17H16N2OS/c21-17(19-7-9-20-10-8-19)12-5-6-14-13-3-1-2-4-15(13)18-16(14)11-12/h1-6,11,18H,7-10H2. The number of ether oxygens (including phenoxy) is 1. The van der Waals surface area contributed by atoms with Crippen molar-refractivity contribution in [2.24, 2.45) is 0 Å². The first-order valence-corrected chi connectivity index (χ1v) is 7.61. The van der Waals surface area contributed by atoms with Gasteiger partial charge in [-0.25, -0.2) is 0 Å². The molecule has 1 aromatic heterocycles. The van der Waals surface area contributed by atoms with E-state index in [1.54, 1.807) is 0 Å². The van der Waals surface area contributed by atoms with Crippen molar-refractivity contribution in [3.63, 3.8) is 0 Å². The molecular formula is C17H16N2OS. The van der Waals surface area contributed by atoms with E-state index < -0.39 is 0 Å². The number of benzene rings is 2. The Morgan fingerprint density at radius 1 is 1.00 bits per heavy atom. The van der Waals surface area contributed by atoms with E-state index in [-0.39, 0.29) is 0 Å². The van der Waals surface area contributed by atoms with Gasteiger partial charge < -0.3 is 14.6 Å². The van der Waals surface area contributed by atoms with Crippen LogP contribution in [0.25, 0.3) is 21.8 Å². The number of hydrogen-bond donors (Lipinski definition) is 1. The fourth-order valence-electron chi connectivity index (χ4n) is 2.94. The summed E-state index contributed by atoms with van der Waals surface area (Å²) in [6.07, 6.45) is 0. The SMILES string of the molecule is S=C(c1ccc2c(c1)[nH]c1ccccc12)N1CCOCC1. The summed E-state index contributed by atoms with van der Waals surface area (Å²) in [7, 11) is 0. The lowest BCUT2D eigenvalue weighted by Crippen LogP contribution is -2.40. The van der Waals surface area contributed by atoms with Gasteiger partial charge in [0.1, 0.15) is 4.99 Å². The number of morpholine rings is 1. The molecule has 1 N–H and O–H groups in total. The van der Waals surface area contributed by atoms with Crippen LogP contribution in [-0.2, 0) is 4.74 Å². The minimum atomic E-state index is 0.759. The third-order valence-electron chi connectivity index (χ3n) is 4.05. The highest BCUT2D eigenvalue weighted by molar-refractivity contribution is 7.80. The Balaban J connectivity index is 1.76. The van der Waals surface area contributed by atoms with Crippen LogP contribution >= 0.6 is 12.2 Å². The molecule has 1 fully saturated rings. The Morgan fingerprint density at radius 2 is 1.76 bits per heavy atom. The van der Waals surface area contributed by atoms with Crippen molar-refractivity contribution in [3.8, 4) is 0 Å². The van der Waals surface area contributed by atoms with Crippen molar-refractivity contribution < 1.29 is 4.74 Å². The Kier molecular flexibility index (Phi) is 3.13. The van der Waals surface area contributed by atoms with Gasteiger partial charge in [-0.05, 0) is 12.1 Å². The topological polar surface area (TPSA) is 28.3 Å². The van der Waals surface area contributed by atoms with Gasteiger partial charge >= 0.3 is 0 Å². The zero-order valence-corrected chi connectivity index (χ0v) is 12.5. The molecule has 0 aliphatic carbocycles. The number of para-hydroxylation sites is 1. The van der Waals surface area contributed by atoms with Crippen molar-refractivity contribution in [2.75, 3.05) is 26.3 Å². The van der Waals surface area contributed by atoms with Gasteiger partial charge in [0.2, 0.25) is 0 Å². The Hall–Kier alpha value is -1.91. The van der Waals surface area contributed by atoms with Crippen LogP contribution in [0.15, 0.2) is 42.5 Å². The van der Waals surface area contributed by atoms with E-state index in [9.17, 15) is 0 Å². The molecule has 1 saturated heterocycles. The molecule has 4 rings (SSSR count). The average Bonchev–Trinajstić information content (AvgIpc) is 2.92. The molecule has 1 aliphatic rings. The van der Waals surface area contributed by atoms with Crippen LogP contribution in [0.2, 0.25) is 0 Å². The van der Waals surface area contributed by atoms with Crippen molar-refractivity contribution in [1.29, 1.82) is 0 Å². The van der Waals surface area contributed by atoms with E-state index in [1.165, 1.54) is 16.3 Å². The molecule has 21 heavy (non-hydrogen) atoms. The summed E-state index contributed by atoms with van der Waals surface area (Å²) in [6, 6.07) is 14.8. The summed E-state index contributed by atoms with van der Waals surface area (Å²) in [6.45, 7) is 3.27. The van der Waals surface area contributed by atoms with Crippen LogP contribution in [0, 0.1) is 0 Å². The lowest BCUT2D eigenvalue weighted by molar-refractivity contribution is 0.0693. The Labute approximate surface area is 128 Å². The van der Waals surface area contributed by atoms with Gasteiger partial charge in [0, 0.05) is 40.5 Å².